The normalized spacial score (nSPS) is 31.8. The predicted molar refractivity (Wildman–Crippen MR) is 83.4 cm³/mol. The molecule has 1 aromatic carbocycles. The molecule has 2 bridgehead atoms. The fourth-order valence-corrected chi connectivity index (χ4v) is 4.35. The van der Waals surface area contributed by atoms with Crippen LogP contribution in [0.1, 0.15) is 42.5 Å². The molecule has 3 N–H and O–H groups in total. The van der Waals surface area contributed by atoms with E-state index >= 15 is 0 Å². The molecule has 0 radical (unpaired) electrons. The van der Waals surface area contributed by atoms with Gasteiger partial charge in [0.25, 0.3) is 5.91 Å². The van der Waals surface area contributed by atoms with Gasteiger partial charge in [-0.3, -0.25) is 4.79 Å². The van der Waals surface area contributed by atoms with Gasteiger partial charge in [0, 0.05) is 16.6 Å². The Morgan fingerprint density at radius 1 is 1.29 bits per heavy atom. The van der Waals surface area contributed by atoms with Gasteiger partial charge in [0.2, 0.25) is 0 Å². The van der Waals surface area contributed by atoms with Gasteiger partial charge in [-0.15, -0.1) is 0 Å². The van der Waals surface area contributed by atoms with Gasteiger partial charge in [-0.05, 0) is 71.6 Å². The first-order valence-electron chi connectivity index (χ1n) is 7.56. The summed E-state index contributed by atoms with van der Waals surface area (Å²) in [5, 5.41) is 3.13. The molecule has 0 spiro atoms. The molecule has 1 aromatic rings. The van der Waals surface area contributed by atoms with Crippen LogP contribution < -0.4 is 11.1 Å². The van der Waals surface area contributed by atoms with Crippen molar-refractivity contribution in [1.82, 2.24) is 5.32 Å². The summed E-state index contributed by atoms with van der Waals surface area (Å²) < 4.78 is 14.0. The molecule has 2 aliphatic carbocycles. The maximum atomic E-state index is 13.4. The largest absolute Gasteiger partial charge is 0.349 e. The zero-order valence-corrected chi connectivity index (χ0v) is 13.4. The third-order valence-corrected chi connectivity index (χ3v) is 5.54. The summed E-state index contributed by atoms with van der Waals surface area (Å²) in [7, 11) is 0. The third-order valence-electron chi connectivity index (χ3n) is 4.85. The number of hydrogen-bond donors (Lipinski definition) is 2. The Morgan fingerprint density at radius 2 is 1.95 bits per heavy atom. The zero-order valence-electron chi connectivity index (χ0n) is 11.8. The zero-order chi connectivity index (χ0) is 15.0. The second kappa shape index (κ2) is 6.05. The second-order valence-corrected chi connectivity index (χ2v) is 7.16. The van der Waals surface area contributed by atoms with Gasteiger partial charge < -0.3 is 11.1 Å². The summed E-state index contributed by atoms with van der Waals surface area (Å²) in [6.45, 7) is 0. The lowest BCUT2D eigenvalue weighted by atomic mass is 9.67. The average Bonchev–Trinajstić information content (AvgIpc) is 2.42. The van der Waals surface area contributed by atoms with Crippen LogP contribution in [0, 0.1) is 17.7 Å². The molecule has 0 aliphatic heterocycles. The topological polar surface area (TPSA) is 55.1 Å². The van der Waals surface area contributed by atoms with Crippen molar-refractivity contribution in [3.63, 3.8) is 0 Å². The average molecular weight is 355 g/mol. The summed E-state index contributed by atoms with van der Waals surface area (Å²) in [6, 6.07) is 4.64. The van der Waals surface area contributed by atoms with E-state index in [4.69, 9.17) is 5.73 Å². The van der Waals surface area contributed by atoms with E-state index in [9.17, 15) is 9.18 Å². The molecule has 1 amide bonds. The molecule has 0 saturated heterocycles. The van der Waals surface area contributed by atoms with Gasteiger partial charge in [0.15, 0.2) is 0 Å². The highest BCUT2D eigenvalue weighted by Gasteiger charge is 2.40. The number of amides is 1. The summed E-state index contributed by atoms with van der Waals surface area (Å²) in [5.41, 5.74) is 6.47. The summed E-state index contributed by atoms with van der Waals surface area (Å²) in [6.07, 6.45) is 5.43. The van der Waals surface area contributed by atoms with Crippen molar-refractivity contribution in [3.05, 3.63) is 34.1 Å². The molecular formula is C16H20BrFN2O. The maximum absolute atomic E-state index is 13.4. The van der Waals surface area contributed by atoms with Crippen LogP contribution in [0.3, 0.4) is 0 Å². The predicted octanol–water partition coefficient (Wildman–Crippen LogP) is 3.22. The van der Waals surface area contributed by atoms with Crippen molar-refractivity contribution in [2.24, 2.45) is 17.6 Å². The Hall–Kier alpha value is -0.940. The van der Waals surface area contributed by atoms with E-state index in [1.54, 1.807) is 6.07 Å². The van der Waals surface area contributed by atoms with Crippen molar-refractivity contribution in [1.29, 1.82) is 0 Å². The molecule has 3 nitrogen and oxygen atoms in total. The highest BCUT2D eigenvalue weighted by molar-refractivity contribution is 9.10. The first-order valence-corrected chi connectivity index (χ1v) is 8.35. The maximum Gasteiger partial charge on any atom is 0.252 e. The molecule has 2 aliphatic rings. The lowest BCUT2D eigenvalue weighted by molar-refractivity contribution is 0.0755. The van der Waals surface area contributed by atoms with Crippen LogP contribution >= 0.6 is 15.9 Å². The first kappa shape index (κ1) is 15.0. The fraction of sp³-hybridized carbons (Fsp3) is 0.562. The number of rotatable bonds is 2. The standard InChI is InChI=1S/C16H20BrFN2O/c17-14-5-4-11(18)8-13(14)16(21)20-15-9-2-1-3-10(15)7-12(19)6-9/h4-5,8-10,12,15H,1-3,6-7,19H2,(H,20,21). The molecule has 2 atom stereocenters. The monoisotopic (exact) mass is 354 g/mol. The lowest BCUT2D eigenvalue weighted by Gasteiger charge is -2.45. The molecule has 2 unspecified atom stereocenters. The minimum atomic E-state index is -0.394. The van der Waals surface area contributed by atoms with Crippen LogP contribution in [0.5, 0.6) is 0 Å². The number of nitrogens with two attached hydrogens (primary N) is 1. The van der Waals surface area contributed by atoms with Gasteiger partial charge in [0.1, 0.15) is 5.82 Å². The van der Waals surface area contributed by atoms with E-state index in [0.717, 1.165) is 25.7 Å². The van der Waals surface area contributed by atoms with E-state index < -0.39 is 5.82 Å². The van der Waals surface area contributed by atoms with Crippen LogP contribution in [-0.4, -0.2) is 18.0 Å². The first-order chi connectivity index (χ1) is 10.0. The smallest absolute Gasteiger partial charge is 0.252 e. The van der Waals surface area contributed by atoms with Crippen LogP contribution in [0.2, 0.25) is 0 Å². The number of carbonyl (C=O) groups is 1. The molecule has 2 fully saturated rings. The van der Waals surface area contributed by atoms with Crippen molar-refractivity contribution in [3.8, 4) is 0 Å². The van der Waals surface area contributed by atoms with Gasteiger partial charge in [-0.1, -0.05) is 6.42 Å². The molecule has 3 rings (SSSR count). The third kappa shape index (κ3) is 3.14. The number of halogens is 2. The van der Waals surface area contributed by atoms with E-state index in [1.165, 1.54) is 18.6 Å². The number of hydrogen-bond acceptors (Lipinski definition) is 2. The van der Waals surface area contributed by atoms with E-state index in [-0.39, 0.29) is 18.0 Å². The molecule has 114 valence electrons. The lowest BCUT2D eigenvalue weighted by Crippen LogP contribution is -2.53. The van der Waals surface area contributed by atoms with Crippen molar-refractivity contribution in [2.45, 2.75) is 44.2 Å². The Labute approximate surface area is 132 Å². The molecule has 2 saturated carbocycles. The summed E-state index contributed by atoms with van der Waals surface area (Å²) in [5.74, 6) is 0.334. The molecular weight excluding hydrogens is 335 g/mol. The SMILES string of the molecule is NC1CC2CCCC(C1)C2NC(=O)c1cc(F)ccc1Br. The molecule has 5 heteroatoms. The van der Waals surface area contributed by atoms with Crippen LogP contribution in [0.25, 0.3) is 0 Å². The van der Waals surface area contributed by atoms with Crippen LogP contribution in [0.15, 0.2) is 22.7 Å². The van der Waals surface area contributed by atoms with E-state index in [0.29, 0.717) is 21.9 Å². The van der Waals surface area contributed by atoms with E-state index in [1.807, 2.05) is 0 Å². The van der Waals surface area contributed by atoms with Gasteiger partial charge in [0.05, 0.1) is 5.56 Å². The molecule has 0 heterocycles. The number of benzene rings is 1. The second-order valence-electron chi connectivity index (χ2n) is 6.31. The van der Waals surface area contributed by atoms with E-state index in [2.05, 4.69) is 21.2 Å². The van der Waals surface area contributed by atoms with Gasteiger partial charge >= 0.3 is 0 Å². The minimum absolute atomic E-state index is 0.182. The molecule has 0 aromatic heterocycles. The van der Waals surface area contributed by atoms with Crippen LogP contribution in [0.4, 0.5) is 4.39 Å². The Morgan fingerprint density at radius 3 is 2.62 bits per heavy atom. The Kier molecular flexibility index (Phi) is 4.31. The van der Waals surface area contributed by atoms with Crippen molar-refractivity contribution in [2.75, 3.05) is 0 Å². The quantitative estimate of drug-likeness (QED) is 0.856. The molecule has 21 heavy (non-hydrogen) atoms. The Bertz CT molecular complexity index is 537. The number of fused-ring (bicyclic) bond motifs is 2. The summed E-state index contributed by atoms with van der Waals surface area (Å²) in [4.78, 5) is 12.5. The fourth-order valence-electron chi connectivity index (χ4n) is 3.93. The van der Waals surface area contributed by atoms with Crippen molar-refractivity contribution >= 4 is 21.8 Å². The van der Waals surface area contributed by atoms with Gasteiger partial charge in [-0.2, -0.15) is 0 Å². The van der Waals surface area contributed by atoms with Crippen LogP contribution in [-0.2, 0) is 0 Å². The highest BCUT2D eigenvalue weighted by Crippen LogP contribution is 2.39. The highest BCUT2D eigenvalue weighted by atomic mass is 79.9. The minimum Gasteiger partial charge on any atom is -0.349 e. The number of nitrogens with one attached hydrogen (secondary N) is 1. The Balaban J connectivity index is 1.76. The summed E-state index contributed by atoms with van der Waals surface area (Å²) >= 11 is 3.32. The number of carbonyl (C=O) groups excluding carboxylic acids is 1. The van der Waals surface area contributed by atoms with Gasteiger partial charge in [-0.25, -0.2) is 4.39 Å². The van der Waals surface area contributed by atoms with Crippen molar-refractivity contribution < 1.29 is 9.18 Å².